The van der Waals surface area contributed by atoms with Crippen LogP contribution < -0.4 is 10.6 Å². The molecule has 4 N–H and O–H groups in total. The molecule has 0 spiro atoms. The number of aliphatic carboxylic acids is 1. The van der Waals surface area contributed by atoms with E-state index in [1.807, 2.05) is 0 Å². The zero-order valence-electron chi connectivity index (χ0n) is 13.9. The number of nitrogens with zero attached hydrogens (tertiary/aromatic N) is 2. The van der Waals surface area contributed by atoms with Crippen molar-refractivity contribution in [3.05, 3.63) is 48.0 Å². The Kier molecular flexibility index (Phi) is 5.09. The van der Waals surface area contributed by atoms with Crippen LogP contribution in [0.25, 0.3) is 11.0 Å². The summed E-state index contributed by atoms with van der Waals surface area (Å²) in [7, 11) is 1.44. The Morgan fingerprint density at radius 2 is 1.81 bits per heavy atom. The number of anilines is 2. The van der Waals surface area contributed by atoms with Gasteiger partial charge in [0, 0.05) is 24.0 Å². The maximum atomic E-state index is 12.3. The number of rotatable bonds is 7. The molecule has 1 atom stereocenters. The van der Waals surface area contributed by atoms with Crippen molar-refractivity contribution in [2.24, 2.45) is 0 Å². The summed E-state index contributed by atoms with van der Waals surface area (Å²) < 4.78 is 4.88. The lowest BCUT2D eigenvalue weighted by atomic mass is 10.2. The van der Waals surface area contributed by atoms with Crippen molar-refractivity contribution in [1.82, 2.24) is 15.4 Å². The molecular weight excluding hydrogens is 338 g/mol. The van der Waals surface area contributed by atoms with Crippen LogP contribution in [0.4, 0.5) is 11.4 Å². The van der Waals surface area contributed by atoms with Gasteiger partial charge in [-0.2, -0.15) is 15.4 Å². The highest BCUT2D eigenvalue weighted by Crippen LogP contribution is 2.17. The fourth-order valence-electron chi connectivity index (χ4n) is 2.38. The summed E-state index contributed by atoms with van der Waals surface area (Å²) in [6.45, 7) is 0.0400. The largest absolute Gasteiger partial charge is 0.480 e. The standard InChI is InChI=1S/C17H17N5O4/c1-26-9-15(17(24)25)18-11-3-5-12(6-4-11)19-16(23)10-2-7-13-14(8-10)21-22-20-13/h2-8,15,18H,9H2,1H3,(H,19,23)(H,24,25)(H,20,21,22). The van der Waals surface area contributed by atoms with Crippen LogP contribution in [0.15, 0.2) is 42.5 Å². The minimum absolute atomic E-state index is 0.0400. The Hall–Kier alpha value is -3.46. The zero-order chi connectivity index (χ0) is 18.5. The maximum absolute atomic E-state index is 12.3. The van der Waals surface area contributed by atoms with Crippen molar-refractivity contribution < 1.29 is 19.4 Å². The Bertz CT molecular complexity index is 922. The number of aromatic amines is 1. The van der Waals surface area contributed by atoms with E-state index in [4.69, 9.17) is 9.84 Å². The van der Waals surface area contributed by atoms with Gasteiger partial charge in [-0.25, -0.2) is 4.79 Å². The molecule has 2 aromatic carbocycles. The number of nitrogens with one attached hydrogen (secondary N) is 3. The van der Waals surface area contributed by atoms with Gasteiger partial charge in [-0.15, -0.1) is 0 Å². The second kappa shape index (κ2) is 7.62. The van der Waals surface area contributed by atoms with E-state index in [1.54, 1.807) is 42.5 Å². The third kappa shape index (κ3) is 3.95. The van der Waals surface area contributed by atoms with E-state index < -0.39 is 12.0 Å². The van der Waals surface area contributed by atoms with E-state index >= 15 is 0 Å². The average molecular weight is 355 g/mol. The Labute approximate surface area is 148 Å². The molecule has 134 valence electrons. The van der Waals surface area contributed by atoms with Crippen molar-refractivity contribution in [2.75, 3.05) is 24.4 Å². The van der Waals surface area contributed by atoms with Crippen LogP contribution in [0.5, 0.6) is 0 Å². The van der Waals surface area contributed by atoms with Gasteiger partial charge in [0.15, 0.2) is 0 Å². The van der Waals surface area contributed by atoms with E-state index in [-0.39, 0.29) is 12.5 Å². The smallest absolute Gasteiger partial charge is 0.328 e. The van der Waals surface area contributed by atoms with Gasteiger partial charge < -0.3 is 20.5 Å². The van der Waals surface area contributed by atoms with Crippen LogP contribution >= 0.6 is 0 Å². The lowest BCUT2D eigenvalue weighted by Crippen LogP contribution is -2.33. The van der Waals surface area contributed by atoms with Gasteiger partial charge in [0.05, 0.1) is 6.61 Å². The number of ether oxygens (including phenoxy) is 1. The number of H-pyrrole nitrogens is 1. The summed E-state index contributed by atoms with van der Waals surface area (Å²) in [5, 5.41) is 25.1. The van der Waals surface area contributed by atoms with Gasteiger partial charge in [-0.1, -0.05) is 0 Å². The molecule has 1 amide bonds. The van der Waals surface area contributed by atoms with Crippen molar-refractivity contribution in [2.45, 2.75) is 6.04 Å². The van der Waals surface area contributed by atoms with E-state index in [2.05, 4.69) is 26.0 Å². The fraction of sp³-hybridized carbons (Fsp3) is 0.176. The van der Waals surface area contributed by atoms with Gasteiger partial charge in [0.2, 0.25) is 0 Å². The van der Waals surface area contributed by atoms with Crippen LogP contribution in [0.2, 0.25) is 0 Å². The summed E-state index contributed by atoms with van der Waals surface area (Å²) in [5.74, 6) is -1.29. The minimum atomic E-state index is -1.01. The number of amides is 1. The van der Waals surface area contributed by atoms with Crippen molar-refractivity contribution in [3.8, 4) is 0 Å². The number of methoxy groups -OCH3 is 1. The molecule has 0 aliphatic carbocycles. The normalized spacial score (nSPS) is 11.9. The average Bonchev–Trinajstić information content (AvgIpc) is 3.10. The summed E-state index contributed by atoms with van der Waals surface area (Å²) in [6.07, 6.45) is 0. The van der Waals surface area contributed by atoms with Crippen LogP contribution in [0.3, 0.4) is 0 Å². The molecule has 9 nitrogen and oxygen atoms in total. The summed E-state index contributed by atoms with van der Waals surface area (Å²) >= 11 is 0. The second-order valence-electron chi connectivity index (χ2n) is 5.55. The van der Waals surface area contributed by atoms with E-state index in [1.165, 1.54) is 7.11 Å². The highest BCUT2D eigenvalue weighted by molar-refractivity contribution is 6.05. The third-order valence-electron chi connectivity index (χ3n) is 3.69. The van der Waals surface area contributed by atoms with Gasteiger partial charge in [0.1, 0.15) is 17.1 Å². The van der Waals surface area contributed by atoms with Crippen molar-refractivity contribution in [1.29, 1.82) is 0 Å². The molecule has 1 unspecified atom stereocenters. The molecule has 9 heteroatoms. The van der Waals surface area contributed by atoms with E-state index in [0.29, 0.717) is 28.0 Å². The highest BCUT2D eigenvalue weighted by Gasteiger charge is 2.16. The predicted molar refractivity (Wildman–Crippen MR) is 95.2 cm³/mol. The topological polar surface area (TPSA) is 129 Å². The van der Waals surface area contributed by atoms with Crippen molar-refractivity contribution >= 4 is 34.3 Å². The van der Waals surface area contributed by atoms with Gasteiger partial charge in [-0.05, 0) is 42.5 Å². The molecule has 0 aliphatic heterocycles. The van der Waals surface area contributed by atoms with Crippen LogP contribution in [0.1, 0.15) is 10.4 Å². The summed E-state index contributed by atoms with van der Waals surface area (Å²) in [6, 6.07) is 10.9. The number of hydrogen-bond donors (Lipinski definition) is 4. The fourth-order valence-corrected chi connectivity index (χ4v) is 2.38. The predicted octanol–water partition coefficient (Wildman–Crippen LogP) is 1.72. The molecular formula is C17H17N5O4. The lowest BCUT2D eigenvalue weighted by molar-refractivity contribution is -0.139. The van der Waals surface area contributed by atoms with Gasteiger partial charge >= 0.3 is 5.97 Å². The number of carboxylic acid groups (broad SMARTS) is 1. The van der Waals surface area contributed by atoms with E-state index in [9.17, 15) is 9.59 Å². The first-order valence-electron chi connectivity index (χ1n) is 7.77. The minimum Gasteiger partial charge on any atom is -0.480 e. The molecule has 0 saturated heterocycles. The number of hydrogen-bond acceptors (Lipinski definition) is 6. The summed E-state index contributed by atoms with van der Waals surface area (Å²) in [4.78, 5) is 23.5. The van der Waals surface area contributed by atoms with Crippen LogP contribution in [0, 0.1) is 0 Å². The van der Waals surface area contributed by atoms with Gasteiger partial charge in [-0.3, -0.25) is 4.79 Å². The molecule has 26 heavy (non-hydrogen) atoms. The SMILES string of the molecule is COCC(Nc1ccc(NC(=O)c2ccc3n[nH]nc3c2)cc1)C(=O)O. The lowest BCUT2D eigenvalue weighted by Gasteiger charge is -2.15. The number of carboxylic acids is 1. The molecule has 0 bridgehead atoms. The number of benzene rings is 2. The highest BCUT2D eigenvalue weighted by atomic mass is 16.5. The quantitative estimate of drug-likeness (QED) is 0.508. The number of carbonyl (C=O) groups is 2. The molecule has 3 aromatic rings. The van der Waals surface area contributed by atoms with Crippen molar-refractivity contribution in [3.63, 3.8) is 0 Å². The number of fused-ring (bicyclic) bond motifs is 1. The molecule has 0 saturated carbocycles. The molecule has 1 aromatic heterocycles. The molecule has 0 aliphatic rings. The Balaban J connectivity index is 1.66. The van der Waals surface area contributed by atoms with E-state index in [0.717, 1.165) is 0 Å². The molecule has 0 fully saturated rings. The zero-order valence-corrected chi connectivity index (χ0v) is 13.9. The molecule has 0 radical (unpaired) electrons. The van der Waals surface area contributed by atoms with Crippen LogP contribution in [-0.2, 0) is 9.53 Å². The number of carbonyl (C=O) groups excluding carboxylic acids is 1. The van der Waals surface area contributed by atoms with Crippen LogP contribution in [-0.4, -0.2) is 52.2 Å². The molecule has 3 rings (SSSR count). The first kappa shape index (κ1) is 17.4. The monoisotopic (exact) mass is 355 g/mol. The first-order valence-corrected chi connectivity index (χ1v) is 7.77. The van der Waals surface area contributed by atoms with Gasteiger partial charge in [0.25, 0.3) is 5.91 Å². The Morgan fingerprint density at radius 3 is 2.50 bits per heavy atom. The third-order valence-corrected chi connectivity index (χ3v) is 3.69. The first-order chi connectivity index (χ1) is 12.6. The summed E-state index contributed by atoms with van der Waals surface area (Å²) in [5.41, 5.74) is 2.94. The molecule has 1 heterocycles. The maximum Gasteiger partial charge on any atom is 0.328 e. The Morgan fingerprint density at radius 1 is 1.12 bits per heavy atom. The second-order valence-corrected chi connectivity index (χ2v) is 5.55. The number of aromatic nitrogens is 3.